The van der Waals surface area contributed by atoms with Crippen LogP contribution in [-0.2, 0) is 16.0 Å². The second kappa shape index (κ2) is 8.03. The van der Waals surface area contributed by atoms with Gasteiger partial charge in [-0.05, 0) is 42.7 Å². The first-order valence-electron chi connectivity index (χ1n) is 9.75. The Kier molecular flexibility index (Phi) is 5.77. The summed E-state index contributed by atoms with van der Waals surface area (Å²) in [6, 6.07) is 7.90. The highest BCUT2D eigenvalue weighted by atomic mass is 16.2. The lowest BCUT2D eigenvalue weighted by Gasteiger charge is -2.27. The zero-order valence-electron chi connectivity index (χ0n) is 15.4. The lowest BCUT2D eigenvalue weighted by atomic mass is 9.88. The molecule has 4 nitrogen and oxygen atoms in total. The van der Waals surface area contributed by atoms with Crippen LogP contribution in [0.1, 0.15) is 69.5 Å². The van der Waals surface area contributed by atoms with Crippen LogP contribution in [0.5, 0.6) is 0 Å². The third kappa shape index (κ3) is 4.23. The predicted octanol–water partition coefficient (Wildman–Crippen LogP) is 3.51. The Morgan fingerprint density at radius 3 is 2.48 bits per heavy atom. The molecule has 25 heavy (non-hydrogen) atoms. The van der Waals surface area contributed by atoms with Gasteiger partial charge in [-0.2, -0.15) is 0 Å². The smallest absolute Gasteiger partial charge is 0.243 e. The number of fused-ring (bicyclic) bond motifs is 1. The van der Waals surface area contributed by atoms with E-state index < -0.39 is 6.04 Å². The maximum Gasteiger partial charge on any atom is 0.243 e. The van der Waals surface area contributed by atoms with Crippen LogP contribution in [0.4, 0.5) is 0 Å². The third-order valence-electron chi connectivity index (χ3n) is 5.67. The van der Waals surface area contributed by atoms with Gasteiger partial charge in [-0.25, -0.2) is 0 Å². The number of carbonyl (C=O) groups is 2. The number of amides is 2. The van der Waals surface area contributed by atoms with E-state index in [0.29, 0.717) is 0 Å². The summed E-state index contributed by atoms with van der Waals surface area (Å²) in [6.45, 7) is 3.99. The second-order valence-electron chi connectivity index (χ2n) is 7.86. The number of aryl methyl sites for hydroxylation is 1. The van der Waals surface area contributed by atoms with Crippen LogP contribution < -0.4 is 10.6 Å². The molecule has 4 heteroatoms. The zero-order chi connectivity index (χ0) is 17.8. The van der Waals surface area contributed by atoms with Gasteiger partial charge >= 0.3 is 0 Å². The third-order valence-corrected chi connectivity index (χ3v) is 5.67. The quantitative estimate of drug-likeness (QED) is 0.860. The average molecular weight is 342 g/mol. The number of carbonyl (C=O) groups excluding carboxylic acids is 2. The zero-order valence-corrected chi connectivity index (χ0v) is 15.4. The van der Waals surface area contributed by atoms with Gasteiger partial charge in [-0.15, -0.1) is 0 Å². The number of benzene rings is 1. The van der Waals surface area contributed by atoms with Crippen molar-refractivity contribution in [2.75, 3.05) is 0 Å². The molecule has 2 unspecified atom stereocenters. The van der Waals surface area contributed by atoms with Crippen LogP contribution >= 0.6 is 0 Å². The fourth-order valence-electron chi connectivity index (χ4n) is 4.14. The van der Waals surface area contributed by atoms with Crippen LogP contribution in [0, 0.1) is 11.8 Å². The van der Waals surface area contributed by atoms with Crippen LogP contribution in [-0.4, -0.2) is 17.9 Å². The monoisotopic (exact) mass is 342 g/mol. The Morgan fingerprint density at radius 1 is 1.04 bits per heavy atom. The molecule has 1 aromatic carbocycles. The van der Waals surface area contributed by atoms with E-state index in [1.165, 1.54) is 17.5 Å². The van der Waals surface area contributed by atoms with E-state index in [-0.39, 0.29) is 29.7 Å². The van der Waals surface area contributed by atoms with Crippen LogP contribution in [0.25, 0.3) is 0 Å². The lowest BCUT2D eigenvalue weighted by Crippen LogP contribution is -2.51. The van der Waals surface area contributed by atoms with Gasteiger partial charge in [0.05, 0.1) is 6.04 Å². The molecule has 0 heterocycles. The number of rotatable bonds is 5. The minimum absolute atomic E-state index is 0.0548. The van der Waals surface area contributed by atoms with Crippen molar-refractivity contribution in [1.82, 2.24) is 10.6 Å². The fourth-order valence-corrected chi connectivity index (χ4v) is 4.14. The molecule has 0 bridgehead atoms. The molecule has 3 rings (SSSR count). The van der Waals surface area contributed by atoms with E-state index in [1.807, 2.05) is 26.0 Å². The molecule has 0 spiro atoms. The Labute approximate surface area is 150 Å². The van der Waals surface area contributed by atoms with Crippen molar-refractivity contribution in [2.24, 2.45) is 11.8 Å². The highest BCUT2D eigenvalue weighted by Gasteiger charge is 2.31. The number of nitrogens with one attached hydrogen (secondary N) is 2. The molecule has 136 valence electrons. The number of hydrogen-bond donors (Lipinski definition) is 2. The molecule has 0 saturated heterocycles. The second-order valence-corrected chi connectivity index (χ2v) is 7.86. The summed E-state index contributed by atoms with van der Waals surface area (Å²) in [5.74, 6) is 0.153. The Hall–Kier alpha value is -1.84. The molecule has 0 aliphatic heterocycles. The molecule has 2 N–H and O–H groups in total. The highest BCUT2D eigenvalue weighted by molar-refractivity contribution is 5.89. The molecule has 2 atom stereocenters. The van der Waals surface area contributed by atoms with Crippen molar-refractivity contribution in [2.45, 2.75) is 70.9 Å². The van der Waals surface area contributed by atoms with Gasteiger partial charge in [-0.3, -0.25) is 9.59 Å². The molecule has 2 aliphatic rings. The van der Waals surface area contributed by atoms with Gasteiger partial charge in [0.2, 0.25) is 11.8 Å². The van der Waals surface area contributed by atoms with Crippen molar-refractivity contribution >= 4 is 11.8 Å². The molecule has 1 fully saturated rings. The van der Waals surface area contributed by atoms with E-state index in [9.17, 15) is 9.59 Å². The minimum Gasteiger partial charge on any atom is -0.347 e. The van der Waals surface area contributed by atoms with E-state index in [4.69, 9.17) is 0 Å². The summed E-state index contributed by atoms with van der Waals surface area (Å²) in [5.41, 5.74) is 2.54. The number of hydrogen-bond acceptors (Lipinski definition) is 2. The van der Waals surface area contributed by atoms with Crippen LogP contribution in [0.2, 0.25) is 0 Å². The van der Waals surface area contributed by atoms with Crippen LogP contribution in [0.3, 0.4) is 0 Å². The Balaban J connectivity index is 1.62. The topological polar surface area (TPSA) is 58.2 Å². The Bertz CT molecular complexity index is 620. The van der Waals surface area contributed by atoms with Crippen molar-refractivity contribution < 1.29 is 9.59 Å². The fraction of sp³-hybridized carbons (Fsp3) is 0.619. The first-order chi connectivity index (χ1) is 12.1. The molecular weight excluding hydrogens is 312 g/mol. The van der Waals surface area contributed by atoms with E-state index >= 15 is 0 Å². The molecule has 2 amide bonds. The van der Waals surface area contributed by atoms with Crippen molar-refractivity contribution in [1.29, 1.82) is 0 Å². The van der Waals surface area contributed by atoms with E-state index in [0.717, 1.165) is 38.5 Å². The average Bonchev–Trinajstić information content (AvgIpc) is 3.03. The SMILES string of the molecule is CC(C)C(NC(=O)C1CCCCC1)C(=O)NC1CCc2ccccc21. The lowest BCUT2D eigenvalue weighted by molar-refractivity contribution is -0.133. The van der Waals surface area contributed by atoms with Gasteiger partial charge in [0, 0.05) is 5.92 Å². The summed E-state index contributed by atoms with van der Waals surface area (Å²) in [4.78, 5) is 25.4. The molecule has 1 aromatic rings. The molecule has 0 aromatic heterocycles. The van der Waals surface area contributed by atoms with Gasteiger partial charge in [0.25, 0.3) is 0 Å². The Morgan fingerprint density at radius 2 is 1.76 bits per heavy atom. The van der Waals surface area contributed by atoms with Gasteiger partial charge < -0.3 is 10.6 Å². The maximum atomic E-state index is 12.8. The van der Waals surface area contributed by atoms with Gasteiger partial charge in [0.1, 0.15) is 6.04 Å². The standard InChI is InChI=1S/C21H30N2O2/c1-14(2)19(23-20(24)16-9-4-3-5-10-16)21(25)22-18-13-12-15-8-6-7-11-17(15)18/h6-8,11,14,16,18-19H,3-5,9-10,12-13H2,1-2H3,(H,22,25)(H,23,24). The minimum atomic E-state index is -0.456. The van der Waals surface area contributed by atoms with E-state index in [2.05, 4.69) is 22.8 Å². The van der Waals surface area contributed by atoms with Gasteiger partial charge in [0.15, 0.2) is 0 Å². The van der Waals surface area contributed by atoms with Crippen molar-refractivity contribution in [3.8, 4) is 0 Å². The van der Waals surface area contributed by atoms with Gasteiger partial charge in [-0.1, -0.05) is 57.4 Å². The predicted molar refractivity (Wildman–Crippen MR) is 99.0 cm³/mol. The highest BCUT2D eigenvalue weighted by Crippen LogP contribution is 2.31. The summed E-state index contributed by atoms with van der Waals surface area (Å²) in [6.07, 6.45) is 7.31. The first-order valence-corrected chi connectivity index (χ1v) is 9.75. The summed E-state index contributed by atoms with van der Waals surface area (Å²) >= 11 is 0. The normalized spacial score (nSPS) is 21.6. The van der Waals surface area contributed by atoms with Crippen LogP contribution in [0.15, 0.2) is 24.3 Å². The summed E-state index contributed by atoms with van der Waals surface area (Å²) < 4.78 is 0. The summed E-state index contributed by atoms with van der Waals surface area (Å²) in [7, 11) is 0. The largest absolute Gasteiger partial charge is 0.347 e. The molecular formula is C21H30N2O2. The molecule has 0 radical (unpaired) electrons. The van der Waals surface area contributed by atoms with E-state index in [1.54, 1.807) is 0 Å². The molecule has 2 aliphatic carbocycles. The van der Waals surface area contributed by atoms with Crippen molar-refractivity contribution in [3.63, 3.8) is 0 Å². The molecule has 1 saturated carbocycles. The summed E-state index contributed by atoms with van der Waals surface area (Å²) in [5, 5.41) is 6.20. The maximum absolute atomic E-state index is 12.8. The first kappa shape index (κ1) is 18.0. The van der Waals surface area contributed by atoms with Crippen molar-refractivity contribution in [3.05, 3.63) is 35.4 Å².